The first-order valence-corrected chi connectivity index (χ1v) is 8.84. The molecule has 0 aliphatic heterocycles. The fraction of sp³-hybridized carbons (Fsp3) is 1.00. The predicted molar refractivity (Wildman–Crippen MR) is 82.4 cm³/mol. The highest BCUT2D eigenvalue weighted by Gasteiger charge is 2.41. The molecule has 0 aromatic carbocycles. The van der Waals surface area contributed by atoms with E-state index < -0.39 is 12.1 Å². The highest BCUT2D eigenvalue weighted by atomic mass is 19.4. The Morgan fingerprint density at radius 1 is 0.810 bits per heavy atom. The van der Waals surface area contributed by atoms with E-state index in [4.69, 9.17) is 0 Å². The Morgan fingerprint density at radius 3 is 1.86 bits per heavy atom. The lowest BCUT2D eigenvalue weighted by Gasteiger charge is -2.30. The van der Waals surface area contributed by atoms with Gasteiger partial charge in [0.25, 0.3) is 0 Å². The molecule has 0 bridgehead atoms. The average molecular weight is 307 g/mol. The van der Waals surface area contributed by atoms with Gasteiger partial charge in [0.15, 0.2) is 0 Å². The van der Waals surface area contributed by atoms with Gasteiger partial charge < -0.3 is 5.32 Å². The van der Waals surface area contributed by atoms with Gasteiger partial charge >= 0.3 is 6.18 Å². The van der Waals surface area contributed by atoms with Crippen LogP contribution in [-0.4, -0.2) is 18.8 Å². The number of nitrogens with one attached hydrogen (secondary N) is 1. The van der Waals surface area contributed by atoms with Crippen molar-refractivity contribution in [3.8, 4) is 0 Å². The summed E-state index contributed by atoms with van der Waals surface area (Å²) >= 11 is 0. The maximum Gasteiger partial charge on any atom is 0.391 e. The quantitative estimate of drug-likeness (QED) is 0.500. The van der Waals surface area contributed by atoms with E-state index >= 15 is 0 Å². The van der Waals surface area contributed by atoms with Gasteiger partial charge in [0.2, 0.25) is 0 Å². The summed E-state index contributed by atoms with van der Waals surface area (Å²) in [6.45, 7) is 3.20. The van der Waals surface area contributed by atoms with Crippen molar-refractivity contribution in [2.45, 2.75) is 96.2 Å². The molecule has 0 saturated heterocycles. The minimum absolute atomic E-state index is 0.304. The van der Waals surface area contributed by atoms with Crippen molar-refractivity contribution in [1.29, 1.82) is 0 Å². The van der Waals surface area contributed by atoms with Gasteiger partial charge in [-0.3, -0.25) is 0 Å². The van der Waals surface area contributed by atoms with Gasteiger partial charge in [-0.15, -0.1) is 0 Å². The minimum Gasteiger partial charge on any atom is -0.314 e. The lowest BCUT2D eigenvalue weighted by atomic mass is 9.85. The van der Waals surface area contributed by atoms with E-state index in [1.807, 2.05) is 0 Å². The van der Waals surface area contributed by atoms with E-state index in [0.29, 0.717) is 31.7 Å². The first-order chi connectivity index (χ1) is 10.0. The molecule has 1 saturated carbocycles. The number of hydrogen-bond donors (Lipinski definition) is 1. The third-order valence-corrected chi connectivity index (χ3v) is 4.65. The first kappa shape index (κ1) is 18.8. The van der Waals surface area contributed by atoms with E-state index in [1.54, 1.807) is 0 Å². The second-order valence-electron chi connectivity index (χ2n) is 6.52. The fourth-order valence-corrected chi connectivity index (χ4v) is 3.19. The summed E-state index contributed by atoms with van der Waals surface area (Å²) in [5.41, 5.74) is 0. The van der Waals surface area contributed by atoms with Crippen molar-refractivity contribution in [2.75, 3.05) is 6.54 Å². The summed E-state index contributed by atoms with van der Waals surface area (Å²) in [6.07, 6.45) is 8.37. The molecule has 0 atom stereocenters. The maximum absolute atomic E-state index is 12.6. The SMILES string of the molecule is CCCCCCCCCCNC1CCC(C(F)(F)F)CC1. The van der Waals surface area contributed by atoms with Crippen LogP contribution in [0.4, 0.5) is 13.2 Å². The van der Waals surface area contributed by atoms with Gasteiger partial charge in [0.1, 0.15) is 0 Å². The van der Waals surface area contributed by atoms with E-state index in [9.17, 15) is 13.2 Å². The molecule has 1 rings (SSSR count). The zero-order valence-corrected chi connectivity index (χ0v) is 13.5. The van der Waals surface area contributed by atoms with Crippen LogP contribution in [0.2, 0.25) is 0 Å². The van der Waals surface area contributed by atoms with Gasteiger partial charge in [0, 0.05) is 6.04 Å². The number of alkyl halides is 3. The van der Waals surface area contributed by atoms with Crippen molar-refractivity contribution in [1.82, 2.24) is 5.32 Å². The van der Waals surface area contributed by atoms with E-state index in [-0.39, 0.29) is 0 Å². The molecule has 1 aliphatic rings. The van der Waals surface area contributed by atoms with Crippen LogP contribution in [0.25, 0.3) is 0 Å². The molecule has 1 N–H and O–H groups in total. The molecule has 0 amide bonds. The largest absolute Gasteiger partial charge is 0.391 e. The fourth-order valence-electron chi connectivity index (χ4n) is 3.19. The van der Waals surface area contributed by atoms with Crippen LogP contribution in [0.15, 0.2) is 0 Å². The van der Waals surface area contributed by atoms with Crippen molar-refractivity contribution in [2.24, 2.45) is 5.92 Å². The summed E-state index contributed by atoms with van der Waals surface area (Å²) in [7, 11) is 0. The number of rotatable bonds is 10. The zero-order valence-electron chi connectivity index (χ0n) is 13.5. The molecule has 0 spiro atoms. The Morgan fingerprint density at radius 2 is 1.33 bits per heavy atom. The standard InChI is InChI=1S/C17H32F3N/c1-2-3-4-5-6-7-8-9-14-21-16-12-10-15(11-13-16)17(18,19)20/h15-16,21H,2-14H2,1H3. The second-order valence-corrected chi connectivity index (χ2v) is 6.52. The molecule has 1 nitrogen and oxygen atoms in total. The van der Waals surface area contributed by atoms with Crippen molar-refractivity contribution < 1.29 is 13.2 Å². The summed E-state index contributed by atoms with van der Waals surface area (Å²) in [4.78, 5) is 0. The van der Waals surface area contributed by atoms with Crippen molar-refractivity contribution in [3.05, 3.63) is 0 Å². The van der Waals surface area contributed by atoms with Gasteiger partial charge in [-0.2, -0.15) is 13.2 Å². The van der Waals surface area contributed by atoms with Crippen LogP contribution in [0.1, 0.15) is 84.0 Å². The molecular formula is C17H32F3N. The Kier molecular flexibility index (Phi) is 9.37. The number of unbranched alkanes of at least 4 members (excludes halogenated alkanes) is 7. The van der Waals surface area contributed by atoms with Crippen molar-refractivity contribution >= 4 is 0 Å². The Hall–Kier alpha value is -0.250. The van der Waals surface area contributed by atoms with Gasteiger partial charge in [0.05, 0.1) is 5.92 Å². The summed E-state index contributed by atoms with van der Waals surface area (Å²) in [5.74, 6) is -1.06. The molecule has 0 heterocycles. The maximum atomic E-state index is 12.6. The molecular weight excluding hydrogens is 275 g/mol. The molecule has 0 unspecified atom stereocenters. The van der Waals surface area contributed by atoms with Crippen LogP contribution >= 0.6 is 0 Å². The van der Waals surface area contributed by atoms with E-state index in [1.165, 1.54) is 44.9 Å². The molecule has 1 aliphatic carbocycles. The molecule has 21 heavy (non-hydrogen) atoms. The Bertz CT molecular complexity index is 245. The van der Waals surface area contributed by atoms with Crippen LogP contribution in [0.3, 0.4) is 0 Å². The summed E-state index contributed by atoms with van der Waals surface area (Å²) in [6, 6.07) is 0.313. The lowest BCUT2D eigenvalue weighted by molar-refractivity contribution is -0.182. The smallest absolute Gasteiger partial charge is 0.314 e. The minimum atomic E-state index is -3.98. The molecule has 1 fully saturated rings. The molecule has 0 aromatic rings. The first-order valence-electron chi connectivity index (χ1n) is 8.84. The Balaban J connectivity index is 1.91. The molecule has 126 valence electrons. The van der Waals surface area contributed by atoms with Gasteiger partial charge in [-0.05, 0) is 38.6 Å². The third-order valence-electron chi connectivity index (χ3n) is 4.65. The topological polar surface area (TPSA) is 12.0 Å². The molecule has 0 aromatic heterocycles. The van der Waals surface area contributed by atoms with Crippen LogP contribution in [-0.2, 0) is 0 Å². The van der Waals surface area contributed by atoms with E-state index in [2.05, 4.69) is 12.2 Å². The zero-order chi connectivity index (χ0) is 15.6. The van der Waals surface area contributed by atoms with Gasteiger partial charge in [-0.25, -0.2) is 0 Å². The summed E-state index contributed by atoms with van der Waals surface area (Å²) in [5, 5.41) is 3.44. The van der Waals surface area contributed by atoms with E-state index in [0.717, 1.165) is 13.0 Å². The Labute approximate surface area is 128 Å². The highest BCUT2D eigenvalue weighted by Crippen LogP contribution is 2.37. The average Bonchev–Trinajstić information content (AvgIpc) is 2.45. The monoisotopic (exact) mass is 307 g/mol. The van der Waals surface area contributed by atoms with Crippen LogP contribution in [0.5, 0.6) is 0 Å². The molecule has 0 radical (unpaired) electrons. The lowest BCUT2D eigenvalue weighted by Crippen LogP contribution is -2.37. The highest BCUT2D eigenvalue weighted by molar-refractivity contribution is 4.80. The van der Waals surface area contributed by atoms with Crippen molar-refractivity contribution in [3.63, 3.8) is 0 Å². The number of hydrogen-bond acceptors (Lipinski definition) is 1. The molecule has 4 heteroatoms. The normalized spacial score (nSPS) is 23.4. The third kappa shape index (κ3) is 8.70. The van der Waals surface area contributed by atoms with Gasteiger partial charge in [-0.1, -0.05) is 51.9 Å². The predicted octanol–water partition coefficient (Wildman–Crippen LogP) is 5.84. The second kappa shape index (κ2) is 10.5. The van der Waals surface area contributed by atoms with Crippen LogP contribution < -0.4 is 5.32 Å². The number of halogens is 3. The van der Waals surface area contributed by atoms with Crippen LogP contribution in [0, 0.1) is 5.92 Å². The summed E-state index contributed by atoms with van der Waals surface area (Å²) < 4.78 is 37.7.